The van der Waals surface area contributed by atoms with Gasteiger partial charge in [0.1, 0.15) is 5.75 Å². The highest BCUT2D eigenvalue weighted by Gasteiger charge is 2.26. The molecule has 8 nitrogen and oxygen atoms in total. The van der Waals surface area contributed by atoms with Gasteiger partial charge < -0.3 is 14.2 Å². The molecule has 0 saturated carbocycles. The van der Waals surface area contributed by atoms with Gasteiger partial charge in [-0.1, -0.05) is 5.16 Å². The summed E-state index contributed by atoms with van der Waals surface area (Å²) >= 11 is 0. The fraction of sp³-hybridized carbons (Fsp3) is 0.500. The molecule has 2 aromatic heterocycles. The molecule has 0 aliphatic carbocycles. The standard InChI is InChI=1S/C16H21N5O3/c1-12(23-14-4-3-5-17-10-14)16(22)21-8-6-20(7-9-21)11-15-18-13(2)24-19-15/h3-5,10,12H,6-9,11H2,1-2H3. The summed E-state index contributed by atoms with van der Waals surface area (Å²) in [5, 5.41) is 3.90. The zero-order valence-corrected chi connectivity index (χ0v) is 13.9. The molecule has 1 atom stereocenters. The molecule has 0 aromatic carbocycles. The number of pyridine rings is 1. The lowest BCUT2D eigenvalue weighted by Crippen LogP contribution is -2.51. The summed E-state index contributed by atoms with van der Waals surface area (Å²) in [6, 6.07) is 3.58. The van der Waals surface area contributed by atoms with Gasteiger partial charge in [-0.15, -0.1) is 0 Å². The zero-order chi connectivity index (χ0) is 16.9. The van der Waals surface area contributed by atoms with E-state index in [1.165, 1.54) is 0 Å². The van der Waals surface area contributed by atoms with Crippen LogP contribution in [0.3, 0.4) is 0 Å². The minimum Gasteiger partial charge on any atom is -0.479 e. The smallest absolute Gasteiger partial charge is 0.263 e. The quantitative estimate of drug-likeness (QED) is 0.804. The maximum Gasteiger partial charge on any atom is 0.263 e. The van der Waals surface area contributed by atoms with Crippen LogP contribution in [0.2, 0.25) is 0 Å². The summed E-state index contributed by atoms with van der Waals surface area (Å²) in [7, 11) is 0. The largest absolute Gasteiger partial charge is 0.479 e. The molecule has 1 fully saturated rings. The molecule has 8 heteroatoms. The van der Waals surface area contributed by atoms with Crippen LogP contribution in [0.5, 0.6) is 5.75 Å². The first-order valence-electron chi connectivity index (χ1n) is 7.99. The summed E-state index contributed by atoms with van der Waals surface area (Å²) in [5.41, 5.74) is 0. The van der Waals surface area contributed by atoms with Crippen molar-refractivity contribution < 1.29 is 14.1 Å². The second-order valence-electron chi connectivity index (χ2n) is 5.78. The number of hydrogen-bond acceptors (Lipinski definition) is 7. The number of carbonyl (C=O) groups excluding carboxylic acids is 1. The molecule has 128 valence electrons. The van der Waals surface area contributed by atoms with E-state index >= 15 is 0 Å². The van der Waals surface area contributed by atoms with Crippen LogP contribution in [0.4, 0.5) is 0 Å². The molecule has 0 radical (unpaired) electrons. The van der Waals surface area contributed by atoms with Crippen LogP contribution in [0, 0.1) is 6.92 Å². The molecular formula is C16H21N5O3. The van der Waals surface area contributed by atoms with Crippen molar-refractivity contribution in [2.45, 2.75) is 26.5 Å². The Kier molecular flexibility index (Phi) is 5.05. The van der Waals surface area contributed by atoms with E-state index in [1.807, 2.05) is 4.90 Å². The first kappa shape index (κ1) is 16.4. The molecule has 1 saturated heterocycles. The van der Waals surface area contributed by atoms with Gasteiger partial charge in [0, 0.05) is 39.3 Å². The molecule has 0 spiro atoms. The van der Waals surface area contributed by atoms with E-state index in [1.54, 1.807) is 38.4 Å². The highest BCUT2D eigenvalue weighted by molar-refractivity contribution is 5.81. The molecular weight excluding hydrogens is 310 g/mol. The van der Waals surface area contributed by atoms with Crippen molar-refractivity contribution in [1.82, 2.24) is 24.9 Å². The van der Waals surface area contributed by atoms with Gasteiger partial charge in [-0.05, 0) is 19.1 Å². The molecule has 1 amide bonds. The summed E-state index contributed by atoms with van der Waals surface area (Å²) in [5.74, 6) is 1.85. The van der Waals surface area contributed by atoms with Gasteiger partial charge in [-0.3, -0.25) is 14.7 Å². The average molecular weight is 331 g/mol. The fourth-order valence-electron chi connectivity index (χ4n) is 2.66. The van der Waals surface area contributed by atoms with Gasteiger partial charge >= 0.3 is 0 Å². The third-order valence-corrected chi connectivity index (χ3v) is 3.91. The van der Waals surface area contributed by atoms with E-state index < -0.39 is 6.10 Å². The molecule has 1 unspecified atom stereocenters. The Balaban J connectivity index is 1.47. The highest BCUT2D eigenvalue weighted by Crippen LogP contribution is 2.12. The fourth-order valence-corrected chi connectivity index (χ4v) is 2.66. The molecule has 1 aliphatic heterocycles. The lowest BCUT2D eigenvalue weighted by Gasteiger charge is -2.35. The van der Waals surface area contributed by atoms with Gasteiger partial charge in [-0.2, -0.15) is 4.98 Å². The van der Waals surface area contributed by atoms with Crippen LogP contribution in [0.1, 0.15) is 18.6 Å². The second kappa shape index (κ2) is 7.39. The van der Waals surface area contributed by atoms with Crippen LogP contribution >= 0.6 is 0 Å². The summed E-state index contributed by atoms with van der Waals surface area (Å²) in [4.78, 5) is 24.7. The van der Waals surface area contributed by atoms with Crippen LogP contribution in [0.25, 0.3) is 0 Å². The molecule has 3 rings (SSSR count). The zero-order valence-electron chi connectivity index (χ0n) is 13.9. The Labute approximate surface area is 140 Å². The van der Waals surface area contributed by atoms with Gasteiger partial charge in [0.2, 0.25) is 5.89 Å². The molecule has 0 bridgehead atoms. The second-order valence-corrected chi connectivity index (χ2v) is 5.78. The summed E-state index contributed by atoms with van der Waals surface area (Å²) in [6.07, 6.45) is 2.75. The Morgan fingerprint density at radius 1 is 1.38 bits per heavy atom. The predicted molar refractivity (Wildman–Crippen MR) is 85.2 cm³/mol. The third-order valence-electron chi connectivity index (χ3n) is 3.91. The van der Waals surface area contributed by atoms with Crippen molar-refractivity contribution in [2.24, 2.45) is 0 Å². The molecule has 2 aromatic rings. The number of ether oxygens (including phenoxy) is 1. The van der Waals surface area contributed by atoms with Gasteiger partial charge in [0.25, 0.3) is 5.91 Å². The Morgan fingerprint density at radius 2 is 2.17 bits per heavy atom. The number of carbonyl (C=O) groups is 1. The topological polar surface area (TPSA) is 84.6 Å². The van der Waals surface area contributed by atoms with Gasteiger partial charge in [0.05, 0.1) is 12.7 Å². The van der Waals surface area contributed by atoms with Gasteiger partial charge in [-0.25, -0.2) is 0 Å². The average Bonchev–Trinajstić information content (AvgIpc) is 3.00. The van der Waals surface area contributed by atoms with Crippen LogP contribution in [0.15, 0.2) is 29.0 Å². The first-order valence-corrected chi connectivity index (χ1v) is 7.99. The number of aryl methyl sites for hydroxylation is 1. The van der Waals surface area contributed by atoms with Crippen molar-refractivity contribution in [3.63, 3.8) is 0 Å². The number of hydrogen-bond donors (Lipinski definition) is 0. The first-order chi connectivity index (χ1) is 11.6. The van der Waals surface area contributed by atoms with E-state index in [4.69, 9.17) is 9.26 Å². The van der Waals surface area contributed by atoms with Crippen molar-refractivity contribution >= 4 is 5.91 Å². The van der Waals surface area contributed by atoms with Crippen LogP contribution in [-0.4, -0.2) is 63.1 Å². The predicted octanol–water partition coefficient (Wildman–Crippen LogP) is 0.885. The normalized spacial score (nSPS) is 16.8. The van der Waals surface area contributed by atoms with Crippen molar-refractivity contribution in [2.75, 3.05) is 26.2 Å². The SMILES string of the molecule is Cc1nc(CN2CCN(C(=O)C(C)Oc3cccnc3)CC2)no1. The van der Waals surface area contributed by atoms with E-state index in [2.05, 4.69) is 20.0 Å². The van der Waals surface area contributed by atoms with E-state index in [0.29, 0.717) is 37.1 Å². The summed E-state index contributed by atoms with van der Waals surface area (Å²) in [6.45, 7) is 7.06. The molecule has 0 N–H and O–H groups in total. The Morgan fingerprint density at radius 3 is 2.79 bits per heavy atom. The molecule has 3 heterocycles. The van der Waals surface area contributed by atoms with Crippen molar-refractivity contribution in [3.05, 3.63) is 36.2 Å². The lowest BCUT2D eigenvalue weighted by atomic mass is 10.2. The van der Waals surface area contributed by atoms with Crippen molar-refractivity contribution in [1.29, 1.82) is 0 Å². The van der Waals surface area contributed by atoms with Crippen molar-refractivity contribution in [3.8, 4) is 5.75 Å². The minimum atomic E-state index is -0.527. The molecule has 1 aliphatic rings. The lowest BCUT2D eigenvalue weighted by molar-refractivity contribution is -0.139. The van der Waals surface area contributed by atoms with E-state index in [9.17, 15) is 4.79 Å². The summed E-state index contributed by atoms with van der Waals surface area (Å²) < 4.78 is 10.6. The number of amides is 1. The Bertz CT molecular complexity index is 667. The number of piperazine rings is 1. The number of rotatable bonds is 5. The van der Waals surface area contributed by atoms with Crippen LogP contribution in [-0.2, 0) is 11.3 Å². The monoisotopic (exact) mass is 331 g/mol. The number of aromatic nitrogens is 3. The van der Waals surface area contributed by atoms with E-state index in [-0.39, 0.29) is 5.91 Å². The maximum absolute atomic E-state index is 12.5. The van der Waals surface area contributed by atoms with Crippen LogP contribution < -0.4 is 4.74 Å². The minimum absolute atomic E-state index is 0.00564. The maximum atomic E-state index is 12.5. The third kappa shape index (κ3) is 4.08. The molecule has 24 heavy (non-hydrogen) atoms. The van der Waals surface area contributed by atoms with E-state index in [0.717, 1.165) is 13.1 Å². The number of nitrogens with zero attached hydrogens (tertiary/aromatic N) is 5. The Hall–Kier alpha value is -2.48. The highest BCUT2D eigenvalue weighted by atomic mass is 16.5. The van der Waals surface area contributed by atoms with Gasteiger partial charge in [0.15, 0.2) is 11.9 Å².